The summed E-state index contributed by atoms with van der Waals surface area (Å²) in [7, 11) is 0. The first-order valence-corrected chi connectivity index (χ1v) is 31.3. The number of benzene rings is 14. The van der Waals surface area contributed by atoms with E-state index in [0.29, 0.717) is 0 Å². The third-order valence-electron chi connectivity index (χ3n) is 19.7. The van der Waals surface area contributed by atoms with Gasteiger partial charge in [-0.15, -0.1) is 0 Å². The highest BCUT2D eigenvalue weighted by Crippen LogP contribution is 2.58. The van der Waals surface area contributed by atoms with Crippen LogP contribution in [-0.4, -0.2) is 15.8 Å². The van der Waals surface area contributed by atoms with Gasteiger partial charge in [-0.05, 0) is 157 Å². The summed E-state index contributed by atoms with van der Waals surface area (Å²) in [5.41, 5.74) is 28.9. The van der Waals surface area contributed by atoms with Crippen LogP contribution in [0.3, 0.4) is 0 Å². The molecule has 0 atom stereocenters. The number of nitrogens with zero attached hydrogens (tertiary/aromatic N) is 4. The molecule has 2 aliphatic heterocycles. The van der Waals surface area contributed by atoms with Crippen molar-refractivity contribution >= 4 is 101 Å². The molecule has 418 valence electrons. The smallest absolute Gasteiger partial charge is 0.252 e. The Morgan fingerprint density at radius 2 is 0.611 bits per heavy atom. The fraction of sp³-hybridized carbons (Fsp3) is 0.0118. The maximum atomic E-state index is 2.63. The van der Waals surface area contributed by atoms with Crippen LogP contribution in [0.15, 0.2) is 334 Å². The highest BCUT2D eigenvalue weighted by Gasteiger charge is 2.50. The van der Waals surface area contributed by atoms with Crippen LogP contribution in [0.5, 0.6) is 0 Å². The second kappa shape index (κ2) is 19.7. The minimum Gasteiger partial charge on any atom is -0.311 e. The van der Waals surface area contributed by atoms with E-state index in [-0.39, 0.29) is 6.71 Å². The summed E-state index contributed by atoms with van der Waals surface area (Å²) in [6, 6.07) is 125. The van der Waals surface area contributed by atoms with E-state index >= 15 is 0 Å². The maximum Gasteiger partial charge on any atom is 0.252 e. The largest absolute Gasteiger partial charge is 0.311 e. The number of rotatable bonds is 8. The zero-order valence-corrected chi connectivity index (χ0v) is 49.1. The molecular weight excluding hydrogens is 1090 g/mol. The lowest BCUT2D eigenvalue weighted by molar-refractivity contribution is 0.768. The Bertz CT molecular complexity index is 5210. The molecule has 0 amide bonds. The minimum absolute atomic E-state index is 0.212. The van der Waals surface area contributed by atoms with Crippen molar-refractivity contribution in [3.05, 3.63) is 356 Å². The SMILES string of the molecule is c1ccc(-c2ccc(N3c4cc5c(cc4B4c6cc7c8ccccc8n(-c8ccccc8)c7cc6N(c6ccc(-c7ccccc7)cc6)c6cc(C7(c8ccccc8)c8ccccc8-c8ccccc87)cc3c64)c3ccccc3n5-c3ccccc3)cc2)cc1. The van der Waals surface area contributed by atoms with E-state index in [0.717, 1.165) is 56.5 Å². The average molecular weight is 1140 g/mol. The Hall–Kier alpha value is -11.7. The fourth-order valence-electron chi connectivity index (χ4n) is 16.0. The molecule has 4 heterocycles. The Balaban J connectivity index is 0.997. The maximum absolute atomic E-state index is 2.63. The van der Waals surface area contributed by atoms with E-state index in [2.05, 4.69) is 353 Å². The molecule has 0 saturated heterocycles. The van der Waals surface area contributed by atoms with Crippen LogP contribution in [0, 0.1) is 0 Å². The third kappa shape index (κ3) is 7.26. The van der Waals surface area contributed by atoms with Crippen LogP contribution >= 0.6 is 0 Å². The second-order valence-electron chi connectivity index (χ2n) is 24.3. The van der Waals surface area contributed by atoms with E-state index in [4.69, 9.17) is 0 Å². The van der Waals surface area contributed by atoms with Crippen LogP contribution in [0.2, 0.25) is 0 Å². The van der Waals surface area contributed by atoms with Crippen molar-refractivity contribution in [2.24, 2.45) is 0 Å². The molecule has 4 nitrogen and oxygen atoms in total. The minimum atomic E-state index is -0.727. The molecule has 19 rings (SSSR count). The van der Waals surface area contributed by atoms with Crippen molar-refractivity contribution in [3.63, 3.8) is 0 Å². The first-order valence-electron chi connectivity index (χ1n) is 31.3. The highest BCUT2D eigenvalue weighted by atomic mass is 15.2. The van der Waals surface area contributed by atoms with Crippen molar-refractivity contribution in [1.82, 2.24) is 9.13 Å². The van der Waals surface area contributed by atoms with Gasteiger partial charge in [0.2, 0.25) is 0 Å². The molecule has 2 aromatic heterocycles. The quantitative estimate of drug-likeness (QED) is 0.141. The summed E-state index contributed by atoms with van der Waals surface area (Å²) in [5, 5.41) is 4.89. The summed E-state index contributed by atoms with van der Waals surface area (Å²) in [6.07, 6.45) is 0. The van der Waals surface area contributed by atoms with Gasteiger partial charge in [-0.25, -0.2) is 0 Å². The molecular formula is C85H55BN4. The normalized spacial score (nSPS) is 13.4. The van der Waals surface area contributed by atoms with Gasteiger partial charge in [0.05, 0.1) is 27.5 Å². The van der Waals surface area contributed by atoms with Gasteiger partial charge >= 0.3 is 0 Å². The molecule has 0 saturated carbocycles. The highest BCUT2D eigenvalue weighted by molar-refractivity contribution is 7.00. The predicted octanol–water partition coefficient (Wildman–Crippen LogP) is 19.7. The monoisotopic (exact) mass is 1140 g/mol. The van der Waals surface area contributed by atoms with Crippen molar-refractivity contribution < 1.29 is 0 Å². The number of hydrogen-bond acceptors (Lipinski definition) is 2. The Morgan fingerprint density at radius 1 is 0.244 bits per heavy atom. The summed E-state index contributed by atoms with van der Waals surface area (Å²) in [6.45, 7) is -0.212. The Morgan fingerprint density at radius 3 is 1.06 bits per heavy atom. The number of aromatic nitrogens is 2. The van der Waals surface area contributed by atoms with Crippen LogP contribution in [0.1, 0.15) is 22.3 Å². The van der Waals surface area contributed by atoms with Gasteiger partial charge in [-0.2, -0.15) is 0 Å². The van der Waals surface area contributed by atoms with Crippen LogP contribution < -0.4 is 26.2 Å². The van der Waals surface area contributed by atoms with Gasteiger partial charge in [0.15, 0.2) is 0 Å². The van der Waals surface area contributed by atoms with E-state index in [1.807, 2.05) is 0 Å². The topological polar surface area (TPSA) is 16.3 Å². The number of hydrogen-bond donors (Lipinski definition) is 0. The van der Waals surface area contributed by atoms with Crippen molar-refractivity contribution in [2.75, 3.05) is 9.80 Å². The van der Waals surface area contributed by atoms with E-state index in [1.54, 1.807) is 0 Å². The number of fused-ring (bicyclic) bond motifs is 13. The fourth-order valence-corrected chi connectivity index (χ4v) is 16.0. The van der Waals surface area contributed by atoms with Gasteiger partial charge < -0.3 is 18.9 Å². The molecule has 16 aromatic rings. The Labute approximate surface area is 522 Å². The van der Waals surface area contributed by atoms with Gasteiger partial charge in [0, 0.05) is 67.0 Å². The zero-order chi connectivity index (χ0) is 59.0. The van der Waals surface area contributed by atoms with Gasteiger partial charge in [0.25, 0.3) is 6.71 Å². The van der Waals surface area contributed by atoms with Crippen molar-refractivity contribution in [1.29, 1.82) is 0 Å². The number of anilines is 6. The zero-order valence-electron chi connectivity index (χ0n) is 49.1. The molecule has 0 bridgehead atoms. The lowest BCUT2D eigenvalue weighted by atomic mass is 9.33. The van der Waals surface area contributed by atoms with Gasteiger partial charge in [-0.3, -0.25) is 0 Å². The third-order valence-corrected chi connectivity index (χ3v) is 19.7. The molecule has 0 N–H and O–H groups in total. The summed E-state index contributed by atoms with van der Waals surface area (Å²) >= 11 is 0. The molecule has 1 aliphatic carbocycles. The average Bonchev–Trinajstić information content (AvgIpc) is 0.937. The first-order chi connectivity index (χ1) is 44.7. The molecule has 90 heavy (non-hydrogen) atoms. The van der Waals surface area contributed by atoms with E-state index in [1.165, 1.54) is 105 Å². The van der Waals surface area contributed by atoms with Gasteiger partial charge in [-0.1, -0.05) is 249 Å². The van der Waals surface area contributed by atoms with Crippen LogP contribution in [-0.2, 0) is 5.41 Å². The molecule has 0 unspecified atom stereocenters. The van der Waals surface area contributed by atoms with Crippen molar-refractivity contribution in [2.45, 2.75) is 5.41 Å². The summed E-state index contributed by atoms with van der Waals surface area (Å²) in [4.78, 5) is 5.25. The van der Waals surface area contributed by atoms with Gasteiger partial charge in [0.1, 0.15) is 0 Å². The Kier molecular flexibility index (Phi) is 11.0. The summed E-state index contributed by atoms with van der Waals surface area (Å²) in [5.74, 6) is 0. The van der Waals surface area contributed by atoms with E-state index < -0.39 is 5.41 Å². The lowest BCUT2D eigenvalue weighted by Crippen LogP contribution is -2.61. The molecule has 0 fully saturated rings. The number of para-hydroxylation sites is 4. The molecule has 0 spiro atoms. The predicted molar refractivity (Wildman–Crippen MR) is 377 cm³/mol. The molecule has 3 aliphatic rings. The standard InChI is InChI=1S/C85H55BN4/c1-6-24-56(25-7-1)58-42-46-64(47-43-58)89-80-54-78-70(68-36-18-22-40-76(68)87(78)62-30-12-4-13-31-62)52-74(80)86-75-53-71-69-37-19-23-41-77(69)88(63-32-14-5-15-33-63)79(71)55-81(75)90(65-48-44-59(45-49-65)57-26-8-2-9-27-57)83-51-61(50-82(89)84(83)86)85(60-28-10-3-11-29-60)72-38-20-16-34-66(72)67-35-17-21-39-73(67)85/h1-55H. The lowest BCUT2D eigenvalue weighted by Gasteiger charge is -2.46. The van der Waals surface area contributed by atoms with Crippen molar-refractivity contribution in [3.8, 4) is 44.8 Å². The first kappa shape index (κ1) is 50.5. The molecule has 14 aromatic carbocycles. The molecule has 5 heteroatoms. The van der Waals surface area contributed by atoms with E-state index in [9.17, 15) is 0 Å². The summed E-state index contributed by atoms with van der Waals surface area (Å²) < 4.78 is 4.96. The van der Waals surface area contributed by atoms with Crippen LogP contribution in [0.25, 0.3) is 88.4 Å². The molecule has 0 radical (unpaired) electrons. The second-order valence-corrected chi connectivity index (χ2v) is 24.3. The van der Waals surface area contributed by atoms with Crippen LogP contribution in [0.4, 0.5) is 34.1 Å².